The normalized spacial score (nSPS) is 30.5. The molecule has 0 heterocycles. The average molecular weight is 266 g/mol. The number of hydrogen-bond donors (Lipinski definition) is 1. The maximum atomic E-state index is 3.73. The Bertz CT molecular complexity index is 231. The second kappa shape index (κ2) is 8.26. The molecular weight excluding hydrogens is 232 g/mol. The Kier molecular flexibility index (Phi) is 6.66. The third kappa shape index (κ3) is 4.75. The lowest BCUT2D eigenvalue weighted by molar-refractivity contribution is 0.145. The van der Waals surface area contributed by atoms with Gasteiger partial charge in [-0.15, -0.1) is 0 Å². The lowest BCUT2D eigenvalue weighted by Crippen LogP contribution is -2.45. The van der Waals surface area contributed by atoms with Crippen molar-refractivity contribution < 1.29 is 0 Å². The Morgan fingerprint density at radius 3 is 2.21 bits per heavy atom. The van der Waals surface area contributed by atoms with Crippen LogP contribution in [0.2, 0.25) is 0 Å². The Morgan fingerprint density at radius 1 is 0.895 bits per heavy atom. The van der Waals surface area contributed by atoms with Gasteiger partial charge in [-0.25, -0.2) is 0 Å². The van der Waals surface area contributed by atoms with Gasteiger partial charge in [0.15, 0.2) is 0 Å². The lowest BCUT2D eigenvalue weighted by Gasteiger charge is -2.37. The van der Waals surface area contributed by atoms with Crippen molar-refractivity contribution >= 4 is 0 Å². The molecule has 0 saturated heterocycles. The number of rotatable bonds is 5. The average Bonchev–Trinajstić information content (AvgIpc) is 2.70. The van der Waals surface area contributed by atoms with E-state index in [0.29, 0.717) is 0 Å². The molecule has 2 aliphatic rings. The maximum absolute atomic E-state index is 3.73. The van der Waals surface area contributed by atoms with Crippen molar-refractivity contribution in [3.8, 4) is 0 Å². The highest BCUT2D eigenvalue weighted by Crippen LogP contribution is 2.27. The van der Waals surface area contributed by atoms with Crippen LogP contribution in [-0.2, 0) is 0 Å². The fourth-order valence-corrected chi connectivity index (χ4v) is 4.17. The van der Waals surface area contributed by atoms with Gasteiger partial charge in [-0.05, 0) is 45.2 Å². The first-order valence-corrected chi connectivity index (χ1v) is 8.75. The van der Waals surface area contributed by atoms with Crippen LogP contribution in [0.25, 0.3) is 0 Å². The minimum absolute atomic E-state index is 0.784. The van der Waals surface area contributed by atoms with Crippen LogP contribution in [0, 0.1) is 5.92 Å². The first-order chi connectivity index (χ1) is 9.31. The summed E-state index contributed by atoms with van der Waals surface area (Å²) in [6.07, 6.45) is 14.4. The summed E-state index contributed by atoms with van der Waals surface area (Å²) < 4.78 is 0. The Hall–Kier alpha value is -0.0800. The van der Waals surface area contributed by atoms with Crippen molar-refractivity contribution in [2.75, 3.05) is 20.1 Å². The van der Waals surface area contributed by atoms with Gasteiger partial charge in [0.05, 0.1) is 0 Å². The molecule has 1 N–H and O–H groups in total. The molecule has 2 rings (SSSR count). The van der Waals surface area contributed by atoms with Crippen LogP contribution in [0.4, 0.5) is 0 Å². The van der Waals surface area contributed by atoms with Crippen LogP contribution in [0.3, 0.4) is 0 Å². The number of nitrogens with one attached hydrogen (secondary N) is 1. The van der Waals surface area contributed by atoms with E-state index in [-0.39, 0.29) is 0 Å². The summed E-state index contributed by atoms with van der Waals surface area (Å²) in [4.78, 5) is 2.70. The first-order valence-electron chi connectivity index (χ1n) is 8.75. The molecule has 2 heteroatoms. The number of hydrogen-bond acceptors (Lipinski definition) is 2. The molecule has 0 radical (unpaired) electrons. The van der Waals surface area contributed by atoms with Gasteiger partial charge in [-0.1, -0.05) is 45.4 Å². The molecule has 0 amide bonds. The predicted molar refractivity (Wildman–Crippen MR) is 83.5 cm³/mol. The molecule has 0 spiro atoms. The quantitative estimate of drug-likeness (QED) is 0.761. The van der Waals surface area contributed by atoms with E-state index in [4.69, 9.17) is 0 Å². The van der Waals surface area contributed by atoms with Gasteiger partial charge in [0.25, 0.3) is 0 Å². The van der Waals surface area contributed by atoms with Crippen molar-refractivity contribution in [2.45, 2.75) is 83.2 Å². The summed E-state index contributed by atoms with van der Waals surface area (Å²) in [5.41, 5.74) is 0. The van der Waals surface area contributed by atoms with Gasteiger partial charge in [0.2, 0.25) is 0 Å². The highest BCUT2D eigenvalue weighted by molar-refractivity contribution is 4.84. The lowest BCUT2D eigenvalue weighted by atomic mass is 9.83. The van der Waals surface area contributed by atoms with E-state index in [1.165, 1.54) is 70.8 Å². The van der Waals surface area contributed by atoms with Gasteiger partial charge in [-0.2, -0.15) is 0 Å². The molecule has 2 unspecified atom stereocenters. The Balaban J connectivity index is 1.82. The van der Waals surface area contributed by atoms with Crippen molar-refractivity contribution in [2.24, 2.45) is 5.92 Å². The fraction of sp³-hybridized carbons (Fsp3) is 1.00. The molecule has 0 aromatic heterocycles. The second-order valence-electron chi connectivity index (χ2n) is 6.79. The third-order valence-corrected chi connectivity index (χ3v) is 5.35. The molecule has 0 aromatic carbocycles. The van der Waals surface area contributed by atoms with E-state index in [1.807, 2.05) is 0 Å². The highest BCUT2D eigenvalue weighted by Gasteiger charge is 2.27. The van der Waals surface area contributed by atoms with Crippen LogP contribution in [0.15, 0.2) is 0 Å². The molecule has 2 saturated carbocycles. The maximum Gasteiger partial charge on any atom is 0.0107 e. The Morgan fingerprint density at radius 2 is 1.53 bits per heavy atom. The van der Waals surface area contributed by atoms with E-state index in [2.05, 4.69) is 24.2 Å². The Labute approximate surface area is 120 Å². The molecule has 0 bridgehead atoms. The minimum atomic E-state index is 0.784. The zero-order valence-corrected chi connectivity index (χ0v) is 13.2. The summed E-state index contributed by atoms with van der Waals surface area (Å²) in [7, 11) is 2.38. The van der Waals surface area contributed by atoms with Crippen LogP contribution in [-0.4, -0.2) is 37.1 Å². The van der Waals surface area contributed by atoms with Crippen molar-refractivity contribution in [1.29, 1.82) is 0 Å². The first kappa shape index (κ1) is 15.3. The van der Waals surface area contributed by atoms with Crippen LogP contribution < -0.4 is 5.32 Å². The standard InChI is InChI=1S/C17H34N2/c1-3-18-17-13-9-8-10-15(17)14-19(2)16-11-6-4-5-7-12-16/h15-18H,3-14H2,1-2H3. The zero-order valence-electron chi connectivity index (χ0n) is 13.2. The largest absolute Gasteiger partial charge is 0.314 e. The predicted octanol–water partition coefficient (Wildman–Crippen LogP) is 3.81. The third-order valence-electron chi connectivity index (χ3n) is 5.35. The van der Waals surface area contributed by atoms with E-state index >= 15 is 0 Å². The van der Waals surface area contributed by atoms with Gasteiger partial charge in [0.1, 0.15) is 0 Å². The SMILES string of the molecule is CCNC1CCCCC1CN(C)C1CCCCCC1. The summed E-state index contributed by atoms with van der Waals surface area (Å²) in [5, 5.41) is 3.73. The minimum Gasteiger partial charge on any atom is -0.314 e. The van der Waals surface area contributed by atoms with Crippen LogP contribution >= 0.6 is 0 Å². The molecule has 2 aliphatic carbocycles. The summed E-state index contributed by atoms with van der Waals surface area (Å²) in [5.74, 6) is 0.891. The molecule has 2 atom stereocenters. The zero-order chi connectivity index (χ0) is 13.5. The van der Waals surface area contributed by atoms with Crippen molar-refractivity contribution in [1.82, 2.24) is 10.2 Å². The molecular formula is C17H34N2. The van der Waals surface area contributed by atoms with Crippen LogP contribution in [0.5, 0.6) is 0 Å². The van der Waals surface area contributed by atoms with Crippen molar-refractivity contribution in [3.05, 3.63) is 0 Å². The molecule has 0 aliphatic heterocycles. The van der Waals surface area contributed by atoms with E-state index in [0.717, 1.165) is 24.5 Å². The smallest absolute Gasteiger partial charge is 0.0107 e. The van der Waals surface area contributed by atoms with E-state index in [1.54, 1.807) is 0 Å². The van der Waals surface area contributed by atoms with Crippen LogP contribution in [0.1, 0.15) is 71.1 Å². The highest BCUT2D eigenvalue weighted by atomic mass is 15.1. The summed E-state index contributed by atoms with van der Waals surface area (Å²) in [6.45, 7) is 4.71. The molecule has 0 aromatic rings. The summed E-state index contributed by atoms with van der Waals surface area (Å²) in [6, 6.07) is 1.65. The van der Waals surface area contributed by atoms with Gasteiger partial charge < -0.3 is 10.2 Å². The molecule has 19 heavy (non-hydrogen) atoms. The van der Waals surface area contributed by atoms with Gasteiger partial charge in [0, 0.05) is 18.6 Å². The molecule has 2 fully saturated rings. The molecule has 112 valence electrons. The summed E-state index contributed by atoms with van der Waals surface area (Å²) >= 11 is 0. The van der Waals surface area contributed by atoms with Gasteiger partial charge >= 0.3 is 0 Å². The monoisotopic (exact) mass is 266 g/mol. The number of nitrogens with zero attached hydrogens (tertiary/aromatic N) is 1. The van der Waals surface area contributed by atoms with E-state index < -0.39 is 0 Å². The molecule has 2 nitrogen and oxygen atoms in total. The second-order valence-corrected chi connectivity index (χ2v) is 6.79. The van der Waals surface area contributed by atoms with E-state index in [9.17, 15) is 0 Å². The topological polar surface area (TPSA) is 15.3 Å². The van der Waals surface area contributed by atoms with Crippen molar-refractivity contribution in [3.63, 3.8) is 0 Å². The fourth-order valence-electron chi connectivity index (χ4n) is 4.17. The van der Waals surface area contributed by atoms with Gasteiger partial charge in [-0.3, -0.25) is 0 Å².